The van der Waals surface area contributed by atoms with Gasteiger partial charge in [-0.3, -0.25) is 14.5 Å². The Bertz CT molecular complexity index is 1280. The lowest BCUT2D eigenvalue weighted by Gasteiger charge is -2.43. The number of nitrogens with zero attached hydrogens (tertiary/aromatic N) is 3. The summed E-state index contributed by atoms with van der Waals surface area (Å²) in [7, 11) is 0. The zero-order valence-electron chi connectivity index (χ0n) is 21.7. The number of carbonyl (C=O) groups excluding carboxylic acids is 2. The standard InChI is InChI=1S/C31H35N3O2S/c1-21-8-6-7-11-24(21)29-25-13-19-37-28(25)12-14-34(29)22(2)30(35)32-15-17-33(18-16-32)31(36)27-20-26(27)23-9-4-3-5-10-23/h3-11,13,19,22,26-27,29H,12,14-18,20H2,1-2H3/t22-,26-,27-,29+/m0/s1. The normalized spacial score (nSPS) is 24.4. The molecule has 0 spiro atoms. The number of carbonyl (C=O) groups is 2. The molecule has 2 aliphatic heterocycles. The van der Waals surface area contributed by atoms with Crippen LogP contribution in [-0.2, 0) is 16.0 Å². The van der Waals surface area contributed by atoms with Gasteiger partial charge in [0.25, 0.3) is 0 Å². The highest BCUT2D eigenvalue weighted by Gasteiger charge is 2.46. The Hall–Kier alpha value is -2.96. The third-order valence-electron chi connectivity index (χ3n) is 8.58. The molecule has 1 aliphatic carbocycles. The van der Waals surface area contributed by atoms with Crippen LogP contribution in [-0.4, -0.2) is 65.3 Å². The second-order valence-electron chi connectivity index (χ2n) is 10.7. The van der Waals surface area contributed by atoms with Gasteiger partial charge in [0, 0.05) is 43.5 Å². The van der Waals surface area contributed by atoms with Gasteiger partial charge >= 0.3 is 0 Å². The Kier molecular flexibility index (Phi) is 6.63. The smallest absolute Gasteiger partial charge is 0.239 e. The SMILES string of the molecule is Cc1ccccc1[C@@H]1c2ccsc2CCN1[C@@H](C)C(=O)N1CCN(C(=O)[C@H]2C[C@H]2c2ccccc2)CC1. The molecular weight excluding hydrogens is 478 g/mol. The fourth-order valence-electron chi connectivity index (χ4n) is 6.32. The van der Waals surface area contributed by atoms with E-state index < -0.39 is 0 Å². The van der Waals surface area contributed by atoms with Gasteiger partial charge in [-0.15, -0.1) is 11.3 Å². The zero-order valence-corrected chi connectivity index (χ0v) is 22.5. The Morgan fingerprint density at radius 3 is 2.32 bits per heavy atom. The summed E-state index contributed by atoms with van der Waals surface area (Å²) in [6, 6.07) is 21.1. The van der Waals surface area contributed by atoms with Gasteiger partial charge in [0.15, 0.2) is 0 Å². The van der Waals surface area contributed by atoms with E-state index in [0.29, 0.717) is 32.1 Å². The first-order chi connectivity index (χ1) is 18.0. The van der Waals surface area contributed by atoms with Crippen molar-refractivity contribution >= 4 is 23.2 Å². The molecular formula is C31H35N3O2S. The van der Waals surface area contributed by atoms with Gasteiger partial charge in [-0.25, -0.2) is 0 Å². The molecule has 4 atom stereocenters. The maximum Gasteiger partial charge on any atom is 0.239 e. The van der Waals surface area contributed by atoms with Gasteiger partial charge < -0.3 is 9.80 Å². The molecule has 0 bridgehead atoms. The second kappa shape index (κ2) is 10.1. The Morgan fingerprint density at radius 2 is 1.57 bits per heavy atom. The summed E-state index contributed by atoms with van der Waals surface area (Å²) >= 11 is 1.83. The van der Waals surface area contributed by atoms with Crippen molar-refractivity contribution in [1.29, 1.82) is 0 Å². The summed E-state index contributed by atoms with van der Waals surface area (Å²) in [6.07, 6.45) is 1.93. The molecule has 192 valence electrons. The Balaban J connectivity index is 1.11. The molecule has 1 saturated carbocycles. The van der Waals surface area contributed by atoms with E-state index in [-0.39, 0.29) is 29.8 Å². The fraction of sp³-hybridized carbons (Fsp3) is 0.419. The molecule has 37 heavy (non-hydrogen) atoms. The third-order valence-corrected chi connectivity index (χ3v) is 9.58. The topological polar surface area (TPSA) is 43.9 Å². The molecule has 6 heteroatoms. The van der Waals surface area contributed by atoms with E-state index in [1.165, 1.54) is 27.1 Å². The molecule has 0 radical (unpaired) electrons. The van der Waals surface area contributed by atoms with Crippen molar-refractivity contribution in [2.75, 3.05) is 32.7 Å². The lowest BCUT2D eigenvalue weighted by molar-refractivity contribution is -0.143. The molecule has 3 aliphatic rings. The predicted octanol–water partition coefficient (Wildman–Crippen LogP) is 4.87. The van der Waals surface area contributed by atoms with Gasteiger partial charge in [0.2, 0.25) is 11.8 Å². The molecule has 1 aromatic heterocycles. The molecule has 6 rings (SSSR count). The highest BCUT2D eigenvalue weighted by atomic mass is 32.1. The first kappa shape index (κ1) is 24.4. The van der Waals surface area contributed by atoms with Gasteiger partial charge in [-0.2, -0.15) is 0 Å². The number of hydrogen-bond donors (Lipinski definition) is 0. The van der Waals surface area contributed by atoms with Crippen molar-refractivity contribution in [2.24, 2.45) is 5.92 Å². The van der Waals surface area contributed by atoms with Crippen molar-refractivity contribution in [3.63, 3.8) is 0 Å². The van der Waals surface area contributed by atoms with E-state index in [1.54, 1.807) is 0 Å². The summed E-state index contributed by atoms with van der Waals surface area (Å²) in [6.45, 7) is 7.60. The molecule has 2 fully saturated rings. The van der Waals surface area contributed by atoms with E-state index in [0.717, 1.165) is 19.4 Å². The number of rotatable bonds is 5. The van der Waals surface area contributed by atoms with Gasteiger partial charge in [-0.1, -0.05) is 54.6 Å². The van der Waals surface area contributed by atoms with E-state index in [4.69, 9.17) is 0 Å². The van der Waals surface area contributed by atoms with Crippen LogP contribution in [0.15, 0.2) is 66.0 Å². The van der Waals surface area contributed by atoms with Crippen LogP contribution in [0.5, 0.6) is 0 Å². The van der Waals surface area contributed by atoms with Gasteiger partial charge in [0.1, 0.15) is 0 Å². The van der Waals surface area contributed by atoms with Crippen LogP contribution in [0.1, 0.15) is 52.4 Å². The van der Waals surface area contributed by atoms with Crippen LogP contribution in [0.4, 0.5) is 0 Å². The minimum Gasteiger partial charge on any atom is -0.339 e. The molecule has 0 unspecified atom stereocenters. The maximum absolute atomic E-state index is 13.8. The number of fused-ring (bicyclic) bond motifs is 1. The van der Waals surface area contributed by atoms with E-state index >= 15 is 0 Å². The minimum atomic E-state index is -0.217. The van der Waals surface area contributed by atoms with Crippen molar-refractivity contribution in [1.82, 2.24) is 14.7 Å². The van der Waals surface area contributed by atoms with Crippen LogP contribution in [0.3, 0.4) is 0 Å². The second-order valence-corrected chi connectivity index (χ2v) is 11.7. The minimum absolute atomic E-state index is 0.0998. The van der Waals surface area contributed by atoms with Gasteiger partial charge in [0.05, 0.1) is 12.1 Å². The number of piperazine rings is 1. The molecule has 3 aromatic rings. The average Bonchev–Trinajstić information content (AvgIpc) is 3.60. The predicted molar refractivity (Wildman–Crippen MR) is 148 cm³/mol. The maximum atomic E-state index is 13.8. The number of amides is 2. The number of thiophene rings is 1. The lowest BCUT2D eigenvalue weighted by Crippen LogP contribution is -2.56. The van der Waals surface area contributed by atoms with Crippen LogP contribution >= 0.6 is 11.3 Å². The highest BCUT2D eigenvalue weighted by molar-refractivity contribution is 7.10. The zero-order chi connectivity index (χ0) is 25.5. The first-order valence-corrected chi connectivity index (χ1v) is 14.4. The number of aryl methyl sites for hydroxylation is 1. The van der Waals surface area contributed by atoms with Crippen LogP contribution in [0.25, 0.3) is 0 Å². The molecule has 1 saturated heterocycles. The highest BCUT2D eigenvalue weighted by Crippen LogP contribution is 2.48. The average molecular weight is 514 g/mol. The largest absolute Gasteiger partial charge is 0.339 e. The Morgan fingerprint density at radius 1 is 0.865 bits per heavy atom. The van der Waals surface area contributed by atoms with Crippen molar-refractivity contribution in [2.45, 2.75) is 44.7 Å². The third kappa shape index (κ3) is 4.62. The van der Waals surface area contributed by atoms with E-state index in [1.807, 2.05) is 39.3 Å². The fourth-order valence-corrected chi connectivity index (χ4v) is 7.22. The van der Waals surface area contributed by atoms with Crippen LogP contribution < -0.4 is 0 Å². The number of benzene rings is 2. The van der Waals surface area contributed by atoms with Crippen LogP contribution in [0.2, 0.25) is 0 Å². The summed E-state index contributed by atoms with van der Waals surface area (Å²) < 4.78 is 0. The summed E-state index contributed by atoms with van der Waals surface area (Å²) in [5.74, 6) is 0.895. The van der Waals surface area contributed by atoms with Gasteiger partial charge in [-0.05, 0) is 66.3 Å². The van der Waals surface area contributed by atoms with Crippen molar-refractivity contribution in [3.05, 3.63) is 93.2 Å². The molecule has 2 aromatic carbocycles. The van der Waals surface area contributed by atoms with E-state index in [2.05, 4.69) is 66.6 Å². The molecule has 0 N–H and O–H groups in total. The first-order valence-electron chi connectivity index (χ1n) is 13.5. The number of hydrogen-bond acceptors (Lipinski definition) is 4. The summed E-state index contributed by atoms with van der Waals surface area (Å²) in [5.41, 5.74) is 5.16. The lowest BCUT2D eigenvalue weighted by atomic mass is 9.89. The van der Waals surface area contributed by atoms with Crippen molar-refractivity contribution < 1.29 is 9.59 Å². The molecule has 5 nitrogen and oxygen atoms in total. The van der Waals surface area contributed by atoms with Crippen LogP contribution in [0, 0.1) is 12.8 Å². The summed E-state index contributed by atoms with van der Waals surface area (Å²) in [4.78, 5) is 34.7. The quantitative estimate of drug-likeness (QED) is 0.489. The molecule has 2 amide bonds. The molecule has 3 heterocycles. The monoisotopic (exact) mass is 513 g/mol. The Labute approximate surface area is 223 Å². The van der Waals surface area contributed by atoms with E-state index in [9.17, 15) is 9.59 Å². The van der Waals surface area contributed by atoms with Crippen molar-refractivity contribution in [3.8, 4) is 0 Å². The summed E-state index contributed by atoms with van der Waals surface area (Å²) in [5, 5.41) is 2.18.